The molecule has 0 bridgehead atoms. The number of nitrogens with one attached hydrogen (secondary N) is 1. The minimum Gasteiger partial charge on any atom is -0.293 e. The van der Waals surface area contributed by atoms with Gasteiger partial charge in [-0.15, -0.1) is 0 Å². The van der Waals surface area contributed by atoms with E-state index in [9.17, 15) is 14.4 Å². The topological polar surface area (TPSA) is 88.1 Å². The van der Waals surface area contributed by atoms with Gasteiger partial charge < -0.3 is 0 Å². The van der Waals surface area contributed by atoms with E-state index < -0.39 is 5.92 Å². The number of rotatable bonds is 3. The van der Waals surface area contributed by atoms with E-state index >= 15 is 0 Å². The molecular formula is C21H22N4O3S. The lowest BCUT2D eigenvalue weighted by atomic mass is 9.94. The summed E-state index contributed by atoms with van der Waals surface area (Å²) in [5.41, 5.74) is 1.54. The summed E-state index contributed by atoms with van der Waals surface area (Å²) in [6.07, 6.45) is 5.04. The Morgan fingerprint density at radius 2 is 1.86 bits per heavy atom. The van der Waals surface area contributed by atoms with Gasteiger partial charge in [0.1, 0.15) is 0 Å². The first-order valence-electron chi connectivity index (χ1n) is 10.1. The number of hydrogen-bond donors (Lipinski definition) is 1. The predicted octanol–water partition coefficient (Wildman–Crippen LogP) is 3.26. The number of carbonyl (C=O) groups excluding carboxylic acids is 2. The van der Waals surface area contributed by atoms with E-state index in [-0.39, 0.29) is 29.8 Å². The first-order valence-corrected chi connectivity index (χ1v) is 10.9. The Balaban J connectivity index is 1.51. The lowest BCUT2D eigenvalue weighted by Crippen LogP contribution is -2.41. The molecule has 2 aliphatic rings. The molecule has 1 saturated heterocycles. The summed E-state index contributed by atoms with van der Waals surface area (Å²) in [5, 5.41) is 3.60. The van der Waals surface area contributed by atoms with E-state index in [1.807, 2.05) is 24.3 Å². The number of hydrogen-bond acceptors (Lipinski definition) is 5. The number of nitrogens with zero attached hydrogens (tertiary/aromatic N) is 3. The van der Waals surface area contributed by atoms with Gasteiger partial charge in [-0.25, -0.2) is 4.98 Å². The van der Waals surface area contributed by atoms with E-state index in [2.05, 4.69) is 10.1 Å². The second-order valence-corrected chi connectivity index (χ2v) is 8.91. The SMILES string of the molecule is Cc1[nH]n(-c2nc3ccccc3s2)c(=O)c1C1CC(=O)N(C2CCCCC2)C1=O. The maximum absolute atomic E-state index is 13.2. The van der Waals surface area contributed by atoms with Crippen molar-refractivity contribution in [1.82, 2.24) is 19.7 Å². The molecule has 3 aromatic rings. The molecule has 0 spiro atoms. The molecule has 29 heavy (non-hydrogen) atoms. The summed E-state index contributed by atoms with van der Waals surface area (Å²) in [7, 11) is 0. The van der Waals surface area contributed by atoms with Gasteiger partial charge in [0.25, 0.3) is 5.56 Å². The van der Waals surface area contributed by atoms with Gasteiger partial charge in [-0.3, -0.25) is 24.4 Å². The van der Waals surface area contributed by atoms with Crippen LogP contribution in [0.3, 0.4) is 0 Å². The number of aromatic amines is 1. The Kier molecular flexibility index (Phi) is 4.38. The lowest BCUT2D eigenvalue weighted by molar-refractivity contribution is -0.142. The summed E-state index contributed by atoms with van der Waals surface area (Å²) in [6, 6.07) is 7.68. The normalized spacial score (nSPS) is 20.9. The van der Waals surface area contributed by atoms with Gasteiger partial charge in [0, 0.05) is 18.2 Å². The molecule has 5 rings (SSSR count). The second kappa shape index (κ2) is 6.95. The fraction of sp³-hybridized carbons (Fsp3) is 0.429. The highest BCUT2D eigenvalue weighted by atomic mass is 32.1. The van der Waals surface area contributed by atoms with Crippen molar-refractivity contribution >= 4 is 33.4 Å². The van der Waals surface area contributed by atoms with E-state index in [1.165, 1.54) is 20.9 Å². The Morgan fingerprint density at radius 3 is 2.62 bits per heavy atom. The third-order valence-corrected chi connectivity index (χ3v) is 7.08. The van der Waals surface area contributed by atoms with Crippen molar-refractivity contribution in [3.05, 3.63) is 45.9 Å². The van der Waals surface area contributed by atoms with Gasteiger partial charge >= 0.3 is 0 Å². The van der Waals surface area contributed by atoms with Crippen LogP contribution in [0, 0.1) is 6.92 Å². The molecule has 2 aromatic heterocycles. The zero-order valence-corrected chi connectivity index (χ0v) is 17.0. The molecule has 1 aliphatic carbocycles. The number of imide groups is 1. The molecule has 1 saturated carbocycles. The molecular weight excluding hydrogens is 388 g/mol. The smallest absolute Gasteiger partial charge is 0.277 e. The Labute approximate surface area is 171 Å². The van der Waals surface area contributed by atoms with Crippen LogP contribution < -0.4 is 5.56 Å². The van der Waals surface area contributed by atoms with Crippen LogP contribution in [0.15, 0.2) is 29.1 Å². The zero-order valence-electron chi connectivity index (χ0n) is 16.2. The first kappa shape index (κ1) is 18.3. The van der Waals surface area contributed by atoms with Crippen molar-refractivity contribution in [3.8, 4) is 5.13 Å². The molecule has 1 atom stereocenters. The molecule has 0 radical (unpaired) electrons. The third kappa shape index (κ3) is 2.93. The molecule has 2 fully saturated rings. The highest BCUT2D eigenvalue weighted by Gasteiger charge is 2.45. The number of para-hydroxylation sites is 1. The summed E-state index contributed by atoms with van der Waals surface area (Å²) in [5.74, 6) is -1.08. The van der Waals surface area contributed by atoms with Crippen LogP contribution in [0.1, 0.15) is 55.7 Å². The van der Waals surface area contributed by atoms with Crippen LogP contribution in [0.4, 0.5) is 0 Å². The third-order valence-electron chi connectivity index (χ3n) is 6.06. The van der Waals surface area contributed by atoms with Crippen molar-refractivity contribution in [2.24, 2.45) is 0 Å². The fourth-order valence-electron chi connectivity index (χ4n) is 4.66. The highest BCUT2D eigenvalue weighted by Crippen LogP contribution is 2.35. The number of likely N-dealkylation sites (tertiary alicyclic amines) is 1. The Hall–Kier alpha value is -2.74. The second-order valence-electron chi connectivity index (χ2n) is 7.91. The number of H-pyrrole nitrogens is 1. The van der Waals surface area contributed by atoms with E-state index in [0.717, 1.165) is 42.3 Å². The molecule has 1 unspecified atom stereocenters. The largest absolute Gasteiger partial charge is 0.293 e. The first-order chi connectivity index (χ1) is 14.0. The molecule has 1 N–H and O–H groups in total. The predicted molar refractivity (Wildman–Crippen MR) is 110 cm³/mol. The molecule has 3 heterocycles. The van der Waals surface area contributed by atoms with Crippen molar-refractivity contribution in [1.29, 1.82) is 0 Å². The standard InChI is InChI=1S/C21H22N4O3S/c1-12-18(14-11-17(26)24(19(14)27)13-7-3-2-4-8-13)20(28)25(23-12)21-22-15-9-5-6-10-16(15)29-21/h5-6,9-10,13-14,23H,2-4,7-8,11H2,1H3. The van der Waals surface area contributed by atoms with Gasteiger partial charge in [0.2, 0.25) is 16.9 Å². The maximum Gasteiger partial charge on any atom is 0.277 e. The van der Waals surface area contributed by atoms with Crippen LogP contribution >= 0.6 is 11.3 Å². The number of aryl methyl sites for hydroxylation is 1. The van der Waals surface area contributed by atoms with Crippen LogP contribution in [0.5, 0.6) is 0 Å². The molecule has 8 heteroatoms. The van der Waals surface area contributed by atoms with E-state index in [1.54, 1.807) is 6.92 Å². The number of thiazole rings is 1. The quantitative estimate of drug-likeness (QED) is 0.672. The number of carbonyl (C=O) groups is 2. The Morgan fingerprint density at radius 1 is 1.10 bits per heavy atom. The molecule has 1 aromatic carbocycles. The highest BCUT2D eigenvalue weighted by molar-refractivity contribution is 7.20. The van der Waals surface area contributed by atoms with Crippen molar-refractivity contribution in [3.63, 3.8) is 0 Å². The van der Waals surface area contributed by atoms with Gasteiger partial charge in [-0.1, -0.05) is 42.7 Å². The number of benzene rings is 1. The fourth-order valence-corrected chi connectivity index (χ4v) is 5.59. The van der Waals surface area contributed by atoms with Gasteiger partial charge in [-0.05, 0) is 31.9 Å². The summed E-state index contributed by atoms with van der Waals surface area (Å²) >= 11 is 1.41. The summed E-state index contributed by atoms with van der Waals surface area (Å²) in [4.78, 5) is 45.0. The number of fused-ring (bicyclic) bond motifs is 1. The average molecular weight is 410 g/mol. The summed E-state index contributed by atoms with van der Waals surface area (Å²) < 4.78 is 2.38. The van der Waals surface area contributed by atoms with Crippen LogP contribution in [-0.4, -0.2) is 37.5 Å². The van der Waals surface area contributed by atoms with Gasteiger partial charge in [0.15, 0.2) is 0 Å². The molecule has 1 aliphatic heterocycles. The molecule has 7 nitrogen and oxygen atoms in total. The van der Waals surface area contributed by atoms with Crippen molar-refractivity contribution in [2.45, 2.75) is 57.4 Å². The van der Waals surface area contributed by atoms with Crippen LogP contribution in [0.2, 0.25) is 0 Å². The average Bonchev–Trinajstić information content (AvgIpc) is 3.36. The zero-order chi connectivity index (χ0) is 20.1. The maximum atomic E-state index is 13.2. The van der Waals surface area contributed by atoms with Gasteiger partial charge in [-0.2, -0.15) is 4.68 Å². The number of aromatic nitrogens is 3. The van der Waals surface area contributed by atoms with E-state index in [4.69, 9.17) is 0 Å². The molecule has 2 amide bonds. The van der Waals surface area contributed by atoms with E-state index in [0.29, 0.717) is 16.4 Å². The molecule has 150 valence electrons. The minimum absolute atomic E-state index is 0.0144. The monoisotopic (exact) mass is 410 g/mol. The minimum atomic E-state index is -0.705. The summed E-state index contributed by atoms with van der Waals surface area (Å²) in [6.45, 7) is 1.78. The van der Waals surface area contributed by atoms with Crippen molar-refractivity contribution < 1.29 is 9.59 Å². The van der Waals surface area contributed by atoms with Gasteiger partial charge in [0.05, 0.1) is 21.7 Å². The van der Waals surface area contributed by atoms with Crippen LogP contribution in [0.25, 0.3) is 15.3 Å². The van der Waals surface area contributed by atoms with Crippen molar-refractivity contribution in [2.75, 3.05) is 0 Å². The van der Waals surface area contributed by atoms with Crippen LogP contribution in [-0.2, 0) is 9.59 Å². The lowest BCUT2D eigenvalue weighted by Gasteiger charge is -2.29. The Bertz CT molecular complexity index is 1140. The number of amides is 2.